The minimum atomic E-state index is -4.73. The van der Waals surface area contributed by atoms with E-state index in [0.717, 1.165) is 24.3 Å². The minimum absolute atomic E-state index is 0.0287. The van der Waals surface area contributed by atoms with Gasteiger partial charge in [0.05, 0.1) is 15.7 Å². The Kier molecular flexibility index (Phi) is 5.86. The molecule has 0 aromatic heterocycles. The van der Waals surface area contributed by atoms with Crippen LogP contribution in [0.5, 0.6) is 0 Å². The molecule has 0 bridgehead atoms. The van der Waals surface area contributed by atoms with E-state index in [0.29, 0.717) is 0 Å². The molecule has 0 aliphatic heterocycles. The van der Waals surface area contributed by atoms with Crippen molar-refractivity contribution in [1.29, 1.82) is 0 Å². The molecule has 0 radical (unpaired) electrons. The molecule has 0 heterocycles. The Hall–Kier alpha value is -1.28. The van der Waals surface area contributed by atoms with E-state index in [1.807, 2.05) is 4.72 Å². The molecule has 0 amide bonds. The molecule has 8 heteroatoms. The van der Waals surface area contributed by atoms with Crippen molar-refractivity contribution < 1.29 is 26.6 Å². The van der Waals surface area contributed by atoms with Crippen molar-refractivity contribution in [2.75, 3.05) is 0 Å². The maximum Gasteiger partial charge on any atom is 0.405 e. The molecule has 1 N–H and O–H groups in total. The smallest absolute Gasteiger partial charge is 0.294 e. The van der Waals surface area contributed by atoms with Gasteiger partial charge in [-0.15, -0.1) is 0 Å². The maximum absolute atomic E-state index is 13.0. The van der Waals surface area contributed by atoms with Crippen LogP contribution in [0.15, 0.2) is 24.3 Å². The third-order valence-electron chi connectivity index (χ3n) is 2.76. The molecule has 1 aromatic carbocycles. The van der Waals surface area contributed by atoms with Crippen molar-refractivity contribution in [2.45, 2.75) is 44.2 Å². The van der Waals surface area contributed by atoms with Crippen molar-refractivity contribution in [1.82, 2.24) is 4.72 Å². The fraction of sp³-hybridized carbons (Fsp3) is 0.500. The first-order valence-corrected chi connectivity index (χ1v) is 7.60. The Balaban J connectivity index is 2.88. The van der Waals surface area contributed by atoms with Crippen molar-refractivity contribution >= 4 is 16.8 Å². The molecule has 0 saturated carbocycles. The number of hydrogen-bond acceptors (Lipinski definition) is 2. The van der Waals surface area contributed by atoms with Gasteiger partial charge in [0, 0.05) is 12.0 Å². The molecule has 0 unspecified atom stereocenters. The van der Waals surface area contributed by atoms with Crippen LogP contribution in [-0.4, -0.2) is 27.0 Å². The van der Waals surface area contributed by atoms with E-state index in [1.165, 1.54) is 20.8 Å². The Morgan fingerprint density at radius 1 is 1.18 bits per heavy atom. The third kappa shape index (κ3) is 5.49. The fourth-order valence-electron chi connectivity index (χ4n) is 1.47. The number of alkyl halides is 3. The zero-order valence-corrected chi connectivity index (χ0v) is 13.1. The number of halogens is 4. The summed E-state index contributed by atoms with van der Waals surface area (Å²) >= 11 is 0. The summed E-state index contributed by atoms with van der Waals surface area (Å²) < 4.78 is 64.6. The number of hydrogen-bond donors (Lipinski definition) is 1. The number of rotatable bonds is 5. The van der Waals surface area contributed by atoms with Crippen LogP contribution < -0.4 is 4.72 Å². The molecule has 3 nitrogen and oxygen atoms in total. The Morgan fingerprint density at radius 3 is 2.09 bits per heavy atom. The number of carbonyl (C=O) groups excluding carboxylic acids is 1. The molecule has 1 rings (SSSR count). The number of nitrogens with one attached hydrogen (secondary N) is 1. The zero-order valence-electron chi connectivity index (χ0n) is 12.3. The van der Waals surface area contributed by atoms with E-state index in [9.17, 15) is 26.6 Å². The predicted octanol–water partition coefficient (Wildman–Crippen LogP) is 3.38. The molecule has 1 aromatic rings. The molecule has 0 fully saturated rings. The van der Waals surface area contributed by atoms with E-state index >= 15 is 0 Å². The summed E-state index contributed by atoms with van der Waals surface area (Å²) in [5.74, 6) is -1.39. The summed E-state index contributed by atoms with van der Waals surface area (Å²) in [6, 6.07) is 2.00. The van der Waals surface area contributed by atoms with Crippen LogP contribution in [0.1, 0.15) is 37.6 Å². The zero-order chi connectivity index (χ0) is 17.1. The van der Waals surface area contributed by atoms with Crippen LogP contribution >= 0.6 is 0 Å². The van der Waals surface area contributed by atoms with Gasteiger partial charge in [0.1, 0.15) is 11.9 Å². The quantitative estimate of drug-likeness (QED) is 0.660. The molecule has 0 saturated heterocycles. The SMILES string of the molecule is CC(C)(C)[S@](=O)N[C@@H](CC(=O)c1ccc(F)cc1)C(F)(F)F. The van der Waals surface area contributed by atoms with Crippen LogP contribution in [0.25, 0.3) is 0 Å². The van der Waals surface area contributed by atoms with E-state index in [2.05, 4.69) is 0 Å². The molecular weight excluding hydrogens is 322 g/mol. The number of Topliss-reactive ketones (excluding diaryl/α,β-unsaturated/α-hetero) is 1. The van der Waals surface area contributed by atoms with E-state index in [-0.39, 0.29) is 5.56 Å². The summed E-state index contributed by atoms with van der Waals surface area (Å²) in [6.45, 7) is 4.56. The lowest BCUT2D eigenvalue weighted by Gasteiger charge is -2.25. The van der Waals surface area contributed by atoms with Crippen LogP contribution in [-0.2, 0) is 11.0 Å². The largest absolute Gasteiger partial charge is 0.405 e. The van der Waals surface area contributed by atoms with Gasteiger partial charge in [0.25, 0.3) is 0 Å². The average Bonchev–Trinajstić information content (AvgIpc) is 2.36. The molecule has 2 atom stereocenters. The number of benzene rings is 1. The van der Waals surface area contributed by atoms with Crippen LogP contribution in [0.2, 0.25) is 0 Å². The van der Waals surface area contributed by atoms with Gasteiger partial charge in [-0.1, -0.05) is 0 Å². The maximum atomic E-state index is 13.0. The lowest BCUT2D eigenvalue weighted by molar-refractivity contribution is -0.150. The average molecular weight is 339 g/mol. The van der Waals surface area contributed by atoms with Crippen molar-refractivity contribution in [3.05, 3.63) is 35.6 Å². The number of carbonyl (C=O) groups is 1. The number of ketones is 1. The molecule has 0 aliphatic rings. The monoisotopic (exact) mass is 339 g/mol. The van der Waals surface area contributed by atoms with Crippen LogP contribution in [0.4, 0.5) is 17.6 Å². The van der Waals surface area contributed by atoms with E-state index < -0.39 is 46.0 Å². The van der Waals surface area contributed by atoms with Gasteiger partial charge in [-0.25, -0.2) is 13.3 Å². The second-order valence-corrected chi connectivity index (χ2v) is 7.73. The summed E-state index contributed by atoms with van der Waals surface area (Å²) in [5, 5.41) is 0. The second kappa shape index (κ2) is 6.87. The Labute approximate surface area is 128 Å². The van der Waals surface area contributed by atoms with Crippen LogP contribution in [0.3, 0.4) is 0 Å². The fourth-order valence-corrected chi connectivity index (χ4v) is 2.30. The lowest BCUT2D eigenvalue weighted by Crippen LogP contribution is -2.48. The van der Waals surface area contributed by atoms with Gasteiger partial charge in [-0.3, -0.25) is 4.79 Å². The summed E-state index contributed by atoms with van der Waals surface area (Å²) in [7, 11) is -1.97. The molecule has 0 spiro atoms. The van der Waals surface area contributed by atoms with Gasteiger partial charge < -0.3 is 0 Å². The van der Waals surface area contributed by atoms with Crippen molar-refractivity contribution in [3.63, 3.8) is 0 Å². The second-order valence-electron chi connectivity index (χ2n) is 5.73. The Bertz CT molecular complexity index is 549. The highest BCUT2D eigenvalue weighted by Gasteiger charge is 2.43. The van der Waals surface area contributed by atoms with Gasteiger partial charge >= 0.3 is 6.18 Å². The molecule has 0 aliphatic carbocycles. The molecule has 124 valence electrons. The molecular formula is C14H17F4NO2S. The topological polar surface area (TPSA) is 46.2 Å². The first-order chi connectivity index (χ1) is 9.91. The van der Waals surface area contributed by atoms with Crippen LogP contribution in [0, 0.1) is 5.82 Å². The highest BCUT2D eigenvalue weighted by molar-refractivity contribution is 7.84. The van der Waals surface area contributed by atoms with Gasteiger partial charge in [-0.2, -0.15) is 13.2 Å². The van der Waals surface area contributed by atoms with Gasteiger partial charge in [-0.05, 0) is 45.0 Å². The third-order valence-corrected chi connectivity index (χ3v) is 4.37. The highest BCUT2D eigenvalue weighted by atomic mass is 32.2. The first kappa shape index (κ1) is 18.8. The van der Waals surface area contributed by atoms with E-state index in [1.54, 1.807) is 0 Å². The van der Waals surface area contributed by atoms with Gasteiger partial charge in [0.15, 0.2) is 5.78 Å². The minimum Gasteiger partial charge on any atom is -0.294 e. The predicted molar refractivity (Wildman–Crippen MR) is 76.2 cm³/mol. The van der Waals surface area contributed by atoms with Crippen molar-refractivity contribution in [2.24, 2.45) is 0 Å². The summed E-state index contributed by atoms with van der Waals surface area (Å²) in [6.07, 6.45) is -5.63. The molecule has 22 heavy (non-hydrogen) atoms. The summed E-state index contributed by atoms with van der Waals surface area (Å²) in [5.41, 5.74) is -0.0287. The normalized spacial score (nSPS) is 15.4. The standard InChI is InChI=1S/C14H17F4NO2S/c1-13(2,3)22(21)19-12(14(16,17)18)8-11(20)9-4-6-10(15)7-5-9/h4-7,12,19H,8H2,1-3H3/t12-,22-/m0/s1. The van der Waals surface area contributed by atoms with E-state index in [4.69, 9.17) is 0 Å². The van der Waals surface area contributed by atoms with Gasteiger partial charge in [0.2, 0.25) is 0 Å². The lowest BCUT2D eigenvalue weighted by atomic mass is 10.0. The highest BCUT2D eigenvalue weighted by Crippen LogP contribution is 2.25. The van der Waals surface area contributed by atoms with Crippen molar-refractivity contribution in [3.8, 4) is 0 Å². The first-order valence-electron chi connectivity index (χ1n) is 6.45. The Morgan fingerprint density at radius 2 is 1.68 bits per heavy atom. The summed E-state index contributed by atoms with van der Waals surface area (Å²) in [4.78, 5) is 11.9.